The molecule has 10 atom stereocenters. The number of ether oxygens (including phenoxy) is 10. The monoisotopic (exact) mass is 1170 g/mol. The van der Waals surface area contributed by atoms with E-state index < -0.39 is 60.6 Å². The number of rotatable bonds is 29. The van der Waals surface area contributed by atoms with Crippen LogP contribution in [0, 0.1) is 11.8 Å². The molecule has 0 aromatic heterocycles. The Labute approximate surface area is 509 Å². The Morgan fingerprint density at radius 1 is 0.306 bits per heavy atom. The van der Waals surface area contributed by atoms with E-state index in [-0.39, 0.29) is 19.8 Å². The van der Waals surface area contributed by atoms with Gasteiger partial charge in [-0.1, -0.05) is 251 Å². The molecule has 0 N–H and O–H groups in total. The summed E-state index contributed by atoms with van der Waals surface area (Å²) in [5.41, 5.74) is 6.89. The van der Waals surface area contributed by atoms with Crippen LogP contribution in [0.2, 0.25) is 0 Å². The molecule has 85 heavy (non-hydrogen) atoms. The smallest absolute Gasteiger partial charge is 0.187 e. The molecule has 7 aromatic carbocycles. The Morgan fingerprint density at radius 2 is 0.612 bits per heavy atom. The quantitative estimate of drug-likeness (QED) is 0.0449. The van der Waals surface area contributed by atoms with E-state index in [0.717, 1.165) is 38.9 Å². The maximum atomic E-state index is 7.75. The Bertz CT molecular complexity index is 2880. The SMILES string of the molecule is c1ccc(COC[C@H]2O[C@H](OC[C@H]3O[C@@H](SC(C4CCCCC4)C4CCCCC4)[C@H](OCc4ccccc4)[C@@H](OCc4ccccc4)[C@@H]3OCc3ccccc3)[C@H](OCc3ccccc3)[C@@H](OCc3ccccc3)[C@@H]2OCc2ccccc2)cc1. The van der Waals surface area contributed by atoms with Crippen LogP contribution in [0.1, 0.15) is 103 Å². The molecule has 2 aliphatic heterocycles. The molecule has 0 radical (unpaired) electrons. The highest BCUT2D eigenvalue weighted by Gasteiger charge is 2.53. The van der Waals surface area contributed by atoms with Gasteiger partial charge >= 0.3 is 0 Å². The van der Waals surface area contributed by atoms with Gasteiger partial charge in [0.05, 0.1) is 59.5 Å². The highest BCUT2D eigenvalue weighted by molar-refractivity contribution is 8.00. The largest absolute Gasteiger partial charge is 0.374 e. The molecule has 0 bridgehead atoms. The highest BCUT2D eigenvalue weighted by atomic mass is 32.2. The van der Waals surface area contributed by atoms with Crippen molar-refractivity contribution in [3.8, 4) is 0 Å². The van der Waals surface area contributed by atoms with Crippen molar-refractivity contribution in [2.45, 2.75) is 176 Å². The van der Waals surface area contributed by atoms with Crippen molar-refractivity contribution in [2.24, 2.45) is 11.8 Å². The van der Waals surface area contributed by atoms with E-state index in [1.807, 2.05) is 96.7 Å². The first-order chi connectivity index (χ1) is 42.2. The fourth-order valence-corrected chi connectivity index (χ4v) is 14.6. The van der Waals surface area contributed by atoms with E-state index in [9.17, 15) is 0 Å². The van der Waals surface area contributed by atoms with Crippen molar-refractivity contribution in [1.29, 1.82) is 0 Å². The topological polar surface area (TPSA) is 92.3 Å². The van der Waals surface area contributed by atoms with Crippen LogP contribution >= 0.6 is 11.8 Å². The predicted molar refractivity (Wildman–Crippen MR) is 334 cm³/mol. The van der Waals surface area contributed by atoms with E-state index in [4.69, 9.17) is 47.4 Å². The number of thioether (sulfide) groups is 1. The molecule has 0 unspecified atom stereocenters. The zero-order valence-corrected chi connectivity index (χ0v) is 50.0. The second-order valence-electron chi connectivity index (χ2n) is 23.4. The fraction of sp³-hybridized carbons (Fsp3) is 0.432. The first-order valence-corrected chi connectivity index (χ1v) is 32.2. The normalized spacial score (nSPS) is 25.0. The molecule has 2 saturated heterocycles. The number of hydrogen-bond donors (Lipinski definition) is 0. The summed E-state index contributed by atoms with van der Waals surface area (Å²) >= 11 is 2.00. The van der Waals surface area contributed by atoms with Gasteiger partial charge in [-0.15, -0.1) is 11.8 Å². The van der Waals surface area contributed by atoms with Crippen molar-refractivity contribution in [3.05, 3.63) is 251 Å². The first kappa shape index (κ1) is 61.1. The van der Waals surface area contributed by atoms with Crippen molar-refractivity contribution in [3.63, 3.8) is 0 Å². The van der Waals surface area contributed by atoms with Gasteiger partial charge in [0.25, 0.3) is 0 Å². The fourth-order valence-electron chi connectivity index (χ4n) is 12.7. The van der Waals surface area contributed by atoms with Crippen LogP contribution in [0.3, 0.4) is 0 Å². The summed E-state index contributed by atoms with van der Waals surface area (Å²) in [5, 5.41) is 0.399. The Balaban J connectivity index is 0.971. The van der Waals surface area contributed by atoms with Crippen molar-refractivity contribution in [1.82, 2.24) is 0 Å². The van der Waals surface area contributed by atoms with E-state index >= 15 is 0 Å². The van der Waals surface area contributed by atoms with Gasteiger partial charge in [-0.25, -0.2) is 0 Å². The zero-order chi connectivity index (χ0) is 57.5. The molecule has 2 aliphatic carbocycles. The lowest BCUT2D eigenvalue weighted by Gasteiger charge is -2.49. The Hall–Kier alpha value is -5.51. The van der Waals surface area contributed by atoms with Gasteiger partial charge in [0, 0.05) is 5.25 Å². The molecule has 11 rings (SSSR count). The summed E-state index contributed by atoms with van der Waals surface area (Å²) in [4.78, 5) is 0. The van der Waals surface area contributed by atoms with Gasteiger partial charge in [0.1, 0.15) is 54.3 Å². The van der Waals surface area contributed by atoms with Crippen LogP contribution in [0.15, 0.2) is 212 Å². The van der Waals surface area contributed by atoms with Gasteiger partial charge in [-0.2, -0.15) is 0 Å². The summed E-state index contributed by atoms with van der Waals surface area (Å²) in [6.07, 6.45) is 6.57. The molecule has 10 nitrogen and oxygen atoms in total. The molecule has 4 aliphatic rings. The lowest BCUT2D eigenvalue weighted by molar-refractivity contribution is -0.337. The van der Waals surface area contributed by atoms with Crippen molar-refractivity contribution < 1.29 is 47.4 Å². The minimum absolute atomic E-state index is 0.0824. The van der Waals surface area contributed by atoms with Gasteiger partial charge in [-0.3, -0.25) is 0 Å². The van der Waals surface area contributed by atoms with Gasteiger partial charge in [-0.05, 0) is 76.5 Å². The number of benzene rings is 7. The average Bonchev–Trinajstić information content (AvgIpc) is 3.75. The van der Waals surface area contributed by atoms with Crippen molar-refractivity contribution >= 4 is 11.8 Å². The molecule has 7 aromatic rings. The van der Waals surface area contributed by atoms with Crippen LogP contribution in [0.4, 0.5) is 0 Å². The van der Waals surface area contributed by atoms with E-state index in [2.05, 4.69) is 127 Å². The third-order valence-corrected chi connectivity index (χ3v) is 19.0. The lowest BCUT2D eigenvalue weighted by atomic mass is 9.77. The minimum atomic E-state index is -0.969. The molecule has 4 fully saturated rings. The number of hydrogen-bond acceptors (Lipinski definition) is 11. The third-order valence-electron chi connectivity index (χ3n) is 17.2. The summed E-state index contributed by atoms with van der Waals surface area (Å²) in [6, 6.07) is 72.2. The van der Waals surface area contributed by atoms with Crippen LogP contribution in [0.25, 0.3) is 0 Å². The van der Waals surface area contributed by atoms with E-state index in [1.54, 1.807) is 0 Å². The van der Waals surface area contributed by atoms with Gasteiger partial charge < -0.3 is 47.4 Å². The van der Waals surface area contributed by atoms with Crippen LogP contribution < -0.4 is 0 Å². The minimum Gasteiger partial charge on any atom is -0.374 e. The summed E-state index contributed by atoms with van der Waals surface area (Å²) < 4.78 is 72.4. The Kier molecular flexibility index (Phi) is 23.7. The van der Waals surface area contributed by atoms with Crippen LogP contribution in [-0.2, 0) is 93.6 Å². The summed E-state index contributed by atoms with van der Waals surface area (Å²) in [5.74, 6) is 1.18. The second kappa shape index (κ2) is 33.0. The molecular formula is C74H86O10S. The Morgan fingerprint density at radius 3 is 0.988 bits per heavy atom. The average molecular weight is 1170 g/mol. The highest BCUT2D eigenvalue weighted by Crippen LogP contribution is 2.47. The zero-order valence-electron chi connectivity index (χ0n) is 49.1. The molecule has 2 saturated carbocycles. The lowest BCUT2D eigenvalue weighted by Crippen LogP contribution is -2.63. The summed E-state index contributed by atoms with van der Waals surface area (Å²) in [6.45, 7) is 2.65. The maximum absolute atomic E-state index is 7.75. The second-order valence-corrected chi connectivity index (χ2v) is 24.7. The van der Waals surface area contributed by atoms with Crippen LogP contribution in [-0.4, -0.2) is 79.0 Å². The van der Waals surface area contributed by atoms with E-state index in [1.165, 1.54) is 64.2 Å². The third kappa shape index (κ3) is 18.1. The van der Waals surface area contributed by atoms with E-state index in [0.29, 0.717) is 56.7 Å². The predicted octanol–water partition coefficient (Wildman–Crippen LogP) is 15.4. The maximum Gasteiger partial charge on any atom is 0.187 e. The first-order valence-electron chi connectivity index (χ1n) is 31.3. The van der Waals surface area contributed by atoms with Crippen molar-refractivity contribution in [2.75, 3.05) is 13.2 Å². The standard InChI is InChI=1S/C74H86O10S/c1-10-28-55(29-11-1)46-75-53-64-66(76-47-56-30-12-2-13-31-56)68(78-49-58-34-16-4-17-35-58)70(80-51-60-38-20-6-21-39-60)73(83-64)82-54-65-67(77-48-57-32-14-3-15-33-57)69(79-50-59-36-18-5-19-37-59)71(81-52-61-40-22-7-23-41-61)74(84-65)85-72(62-42-24-8-25-43-62)63-44-26-9-27-45-63/h1-7,10-23,28-41,62-74H,8-9,24-27,42-54H2/t64-,65-,66-,67-,68+,69+,70-,71-,73+,74+/m1/s1. The molecule has 2 heterocycles. The summed E-state index contributed by atoms with van der Waals surface area (Å²) in [7, 11) is 0. The molecule has 0 spiro atoms. The molecule has 0 amide bonds. The molecular weight excluding hydrogens is 1080 g/mol. The van der Waals surface area contributed by atoms with Crippen LogP contribution in [0.5, 0.6) is 0 Å². The van der Waals surface area contributed by atoms with Gasteiger partial charge in [0.2, 0.25) is 0 Å². The van der Waals surface area contributed by atoms with Gasteiger partial charge in [0.15, 0.2) is 6.29 Å². The molecule has 448 valence electrons. The molecule has 11 heteroatoms.